The van der Waals surface area contributed by atoms with E-state index in [1.54, 1.807) is 0 Å². The highest BCUT2D eigenvalue weighted by Crippen LogP contribution is 2.21. The number of aliphatic carboxylic acids is 2. The Morgan fingerprint density at radius 3 is 1.15 bits per heavy atom. The molecular formula is C22H40O4. The fourth-order valence-electron chi connectivity index (χ4n) is 3.19. The van der Waals surface area contributed by atoms with E-state index in [-0.39, 0.29) is 11.1 Å². The lowest BCUT2D eigenvalue weighted by Crippen LogP contribution is -2.12. The van der Waals surface area contributed by atoms with Gasteiger partial charge in [-0.2, -0.15) is 0 Å². The minimum absolute atomic E-state index is 0.114. The molecule has 0 aromatic carbocycles. The van der Waals surface area contributed by atoms with Crippen LogP contribution in [0.3, 0.4) is 0 Å². The molecule has 0 rings (SSSR count). The standard InChI is InChI=1S/C22H40O4/c1-17(2)13-9-5-7-11-15-19(21(23)24)20(22(25)26)16-12-8-6-10-14-18(3)4/h17-18H,5-16H2,1-4H3,(H,23,24)(H,25,26). The van der Waals surface area contributed by atoms with Crippen LogP contribution in [0.15, 0.2) is 11.1 Å². The molecule has 26 heavy (non-hydrogen) atoms. The minimum atomic E-state index is -1.07. The third-order valence-corrected chi connectivity index (χ3v) is 4.80. The van der Waals surface area contributed by atoms with Crippen molar-refractivity contribution in [2.24, 2.45) is 11.8 Å². The fraction of sp³-hybridized carbons (Fsp3) is 0.818. The number of hydrogen-bond acceptors (Lipinski definition) is 2. The lowest BCUT2D eigenvalue weighted by molar-refractivity contribution is -0.136. The second-order valence-electron chi connectivity index (χ2n) is 8.26. The molecule has 0 unspecified atom stereocenters. The molecule has 0 bridgehead atoms. The third kappa shape index (κ3) is 13.0. The van der Waals surface area contributed by atoms with Crippen molar-refractivity contribution in [1.82, 2.24) is 0 Å². The average molecular weight is 369 g/mol. The molecule has 0 atom stereocenters. The Hall–Kier alpha value is -1.32. The van der Waals surface area contributed by atoms with Crippen molar-refractivity contribution in [1.29, 1.82) is 0 Å². The van der Waals surface area contributed by atoms with Gasteiger partial charge in [-0.05, 0) is 37.5 Å². The van der Waals surface area contributed by atoms with Crippen LogP contribution in [-0.4, -0.2) is 22.2 Å². The van der Waals surface area contributed by atoms with Gasteiger partial charge in [-0.25, -0.2) is 9.59 Å². The Balaban J connectivity index is 4.43. The van der Waals surface area contributed by atoms with Crippen molar-refractivity contribution in [2.75, 3.05) is 0 Å². The summed E-state index contributed by atoms with van der Waals surface area (Å²) < 4.78 is 0. The smallest absolute Gasteiger partial charge is 0.332 e. The molecule has 2 N–H and O–H groups in total. The Morgan fingerprint density at radius 1 is 0.577 bits per heavy atom. The summed E-state index contributed by atoms with van der Waals surface area (Å²) >= 11 is 0. The average Bonchev–Trinajstić information content (AvgIpc) is 2.53. The quantitative estimate of drug-likeness (QED) is 0.243. The Kier molecular flexibility index (Phi) is 14.1. The number of hydrogen-bond donors (Lipinski definition) is 2. The normalized spacial score (nSPS) is 12.5. The van der Waals surface area contributed by atoms with E-state index in [0.29, 0.717) is 24.7 Å². The SMILES string of the molecule is CC(C)CCCCCCC(C(=O)O)=C(CCCCCCC(C)C)C(=O)O. The zero-order valence-corrected chi connectivity index (χ0v) is 17.4. The highest BCUT2D eigenvalue weighted by Gasteiger charge is 2.19. The summed E-state index contributed by atoms with van der Waals surface area (Å²) in [6.45, 7) is 8.81. The topological polar surface area (TPSA) is 74.6 Å². The predicted octanol–water partition coefficient (Wildman–Crippen LogP) is 6.45. The van der Waals surface area contributed by atoms with Gasteiger partial charge in [0.2, 0.25) is 0 Å². The molecule has 0 aliphatic carbocycles. The molecular weight excluding hydrogens is 328 g/mol. The number of carboxylic acid groups (broad SMARTS) is 2. The number of rotatable bonds is 16. The van der Waals surface area contributed by atoms with Crippen LogP contribution >= 0.6 is 0 Å². The van der Waals surface area contributed by atoms with E-state index < -0.39 is 11.9 Å². The van der Waals surface area contributed by atoms with Crippen LogP contribution in [0.5, 0.6) is 0 Å². The molecule has 0 amide bonds. The zero-order chi connectivity index (χ0) is 19.9. The van der Waals surface area contributed by atoms with Crippen molar-refractivity contribution in [3.63, 3.8) is 0 Å². The maximum absolute atomic E-state index is 11.5. The summed E-state index contributed by atoms with van der Waals surface area (Å²) in [5.74, 6) is -0.735. The van der Waals surface area contributed by atoms with Gasteiger partial charge in [0, 0.05) is 11.1 Å². The van der Waals surface area contributed by atoms with E-state index in [1.807, 2.05) is 0 Å². The van der Waals surface area contributed by atoms with Crippen molar-refractivity contribution < 1.29 is 19.8 Å². The number of carbonyl (C=O) groups is 2. The van der Waals surface area contributed by atoms with Gasteiger partial charge in [0.25, 0.3) is 0 Å². The first-order valence-corrected chi connectivity index (χ1v) is 10.4. The molecule has 0 aromatic rings. The lowest BCUT2D eigenvalue weighted by Gasteiger charge is -2.10. The third-order valence-electron chi connectivity index (χ3n) is 4.80. The Bertz CT molecular complexity index is 395. The van der Waals surface area contributed by atoms with Crippen LogP contribution in [0.2, 0.25) is 0 Å². The Labute approximate surface area is 160 Å². The van der Waals surface area contributed by atoms with Crippen molar-refractivity contribution in [3.8, 4) is 0 Å². The first-order valence-electron chi connectivity index (χ1n) is 10.4. The van der Waals surface area contributed by atoms with E-state index >= 15 is 0 Å². The summed E-state index contributed by atoms with van der Waals surface area (Å²) in [5.41, 5.74) is 0.229. The van der Waals surface area contributed by atoms with Crippen LogP contribution < -0.4 is 0 Å². The van der Waals surface area contributed by atoms with Crippen LogP contribution in [0, 0.1) is 11.8 Å². The first-order chi connectivity index (χ1) is 12.3. The number of unbranched alkanes of at least 4 members (excludes halogenated alkanes) is 6. The predicted molar refractivity (Wildman–Crippen MR) is 107 cm³/mol. The molecule has 0 saturated heterocycles. The molecule has 4 heteroatoms. The van der Waals surface area contributed by atoms with Gasteiger partial charge in [-0.15, -0.1) is 0 Å². The molecule has 0 spiro atoms. The summed E-state index contributed by atoms with van der Waals surface area (Å²) in [5, 5.41) is 18.9. The summed E-state index contributed by atoms with van der Waals surface area (Å²) in [4.78, 5) is 23.1. The number of carboxylic acids is 2. The summed E-state index contributed by atoms with van der Waals surface area (Å²) in [6.07, 6.45) is 11.0. The maximum atomic E-state index is 11.5. The van der Waals surface area contributed by atoms with Crippen LogP contribution in [-0.2, 0) is 9.59 Å². The summed E-state index contributed by atoms with van der Waals surface area (Å²) in [7, 11) is 0. The van der Waals surface area contributed by atoms with E-state index in [1.165, 1.54) is 12.8 Å². The molecule has 0 aliphatic rings. The Morgan fingerprint density at radius 2 is 0.885 bits per heavy atom. The molecule has 4 nitrogen and oxygen atoms in total. The van der Waals surface area contributed by atoms with Gasteiger partial charge in [0.1, 0.15) is 0 Å². The van der Waals surface area contributed by atoms with Gasteiger partial charge in [-0.3, -0.25) is 0 Å². The monoisotopic (exact) mass is 368 g/mol. The second kappa shape index (κ2) is 14.8. The highest BCUT2D eigenvalue weighted by atomic mass is 16.4. The van der Waals surface area contributed by atoms with Gasteiger partial charge in [-0.1, -0.05) is 79.1 Å². The molecule has 0 heterocycles. The van der Waals surface area contributed by atoms with Gasteiger partial charge >= 0.3 is 11.9 Å². The first kappa shape index (κ1) is 24.7. The van der Waals surface area contributed by atoms with Crippen LogP contribution in [0.25, 0.3) is 0 Å². The van der Waals surface area contributed by atoms with Crippen LogP contribution in [0.4, 0.5) is 0 Å². The van der Waals surface area contributed by atoms with E-state index in [0.717, 1.165) is 51.4 Å². The van der Waals surface area contributed by atoms with E-state index in [2.05, 4.69) is 27.7 Å². The summed E-state index contributed by atoms with van der Waals surface area (Å²) in [6, 6.07) is 0. The largest absolute Gasteiger partial charge is 0.478 e. The van der Waals surface area contributed by atoms with Crippen molar-refractivity contribution in [3.05, 3.63) is 11.1 Å². The minimum Gasteiger partial charge on any atom is -0.478 e. The van der Waals surface area contributed by atoms with Gasteiger partial charge in [0.15, 0.2) is 0 Å². The maximum Gasteiger partial charge on any atom is 0.332 e. The van der Waals surface area contributed by atoms with Crippen LogP contribution in [0.1, 0.15) is 105 Å². The zero-order valence-electron chi connectivity index (χ0n) is 17.4. The van der Waals surface area contributed by atoms with E-state index in [9.17, 15) is 19.8 Å². The van der Waals surface area contributed by atoms with Gasteiger partial charge in [0.05, 0.1) is 0 Å². The lowest BCUT2D eigenvalue weighted by atomic mass is 9.95. The van der Waals surface area contributed by atoms with E-state index in [4.69, 9.17) is 0 Å². The van der Waals surface area contributed by atoms with Crippen molar-refractivity contribution >= 4 is 11.9 Å². The molecule has 0 aromatic heterocycles. The molecule has 0 fully saturated rings. The molecule has 0 aliphatic heterocycles. The second-order valence-corrected chi connectivity index (χ2v) is 8.26. The molecule has 0 saturated carbocycles. The molecule has 0 radical (unpaired) electrons. The highest BCUT2D eigenvalue weighted by molar-refractivity contribution is 5.98. The molecule has 152 valence electrons. The van der Waals surface area contributed by atoms with Gasteiger partial charge < -0.3 is 10.2 Å². The fourth-order valence-corrected chi connectivity index (χ4v) is 3.19. The van der Waals surface area contributed by atoms with Crippen molar-refractivity contribution in [2.45, 2.75) is 105 Å².